The van der Waals surface area contributed by atoms with Gasteiger partial charge < -0.3 is 0 Å². The fourth-order valence-electron chi connectivity index (χ4n) is 1.72. The highest BCUT2D eigenvalue weighted by Gasteiger charge is 2.47. The van der Waals surface area contributed by atoms with Crippen LogP contribution in [0.25, 0.3) is 0 Å². The van der Waals surface area contributed by atoms with Crippen molar-refractivity contribution >= 4 is 5.91 Å². The molecule has 0 spiro atoms. The Balaban J connectivity index is 2.04. The first-order valence-corrected chi connectivity index (χ1v) is 5.24. The minimum Gasteiger partial charge on any atom is -0.275 e. The first-order chi connectivity index (χ1) is 7.63. The van der Waals surface area contributed by atoms with Crippen LogP contribution in [0.5, 0.6) is 0 Å². The van der Waals surface area contributed by atoms with E-state index < -0.39 is 0 Å². The molecule has 2 rings (SSSR count). The van der Waals surface area contributed by atoms with Gasteiger partial charge >= 0.3 is 0 Å². The van der Waals surface area contributed by atoms with Crippen molar-refractivity contribution in [3.05, 3.63) is 23.8 Å². The minimum atomic E-state index is -0.0215. The van der Waals surface area contributed by atoms with E-state index in [1.54, 1.807) is 13.2 Å². The van der Waals surface area contributed by atoms with E-state index in [9.17, 15) is 4.79 Å². The lowest BCUT2D eigenvalue weighted by molar-refractivity contribution is -0.170. The average molecular weight is 221 g/mol. The van der Waals surface area contributed by atoms with E-state index >= 15 is 0 Å². The second-order valence-corrected chi connectivity index (χ2v) is 4.02. The summed E-state index contributed by atoms with van der Waals surface area (Å²) in [6.45, 7) is 1.92. The van der Waals surface area contributed by atoms with Gasteiger partial charge in [-0.3, -0.25) is 9.63 Å². The van der Waals surface area contributed by atoms with Crippen molar-refractivity contribution in [2.45, 2.75) is 19.3 Å². The highest BCUT2D eigenvalue weighted by molar-refractivity contribution is 5.81. The number of hydrogen-bond donors (Lipinski definition) is 0. The van der Waals surface area contributed by atoms with Gasteiger partial charge in [0.1, 0.15) is 5.82 Å². The summed E-state index contributed by atoms with van der Waals surface area (Å²) in [5.74, 6) is 0.900. The molecule has 1 aliphatic rings. The monoisotopic (exact) mass is 221 g/mol. The molecular weight excluding hydrogens is 206 g/mol. The van der Waals surface area contributed by atoms with Crippen LogP contribution in [0.2, 0.25) is 0 Å². The third kappa shape index (κ3) is 2.04. The van der Waals surface area contributed by atoms with Gasteiger partial charge in [0.25, 0.3) is 0 Å². The maximum atomic E-state index is 11.8. The van der Waals surface area contributed by atoms with E-state index in [1.165, 1.54) is 12.2 Å². The maximum absolute atomic E-state index is 11.8. The molecular formula is C11H15N3O2. The van der Waals surface area contributed by atoms with E-state index in [-0.39, 0.29) is 17.7 Å². The smallest absolute Gasteiger partial charge is 0.249 e. The molecule has 1 heterocycles. The lowest BCUT2D eigenvalue weighted by atomic mass is 10.2. The largest absolute Gasteiger partial charge is 0.275 e. The summed E-state index contributed by atoms with van der Waals surface area (Å²) in [6, 6.07) is 1.85. The molecule has 0 N–H and O–H groups in total. The van der Waals surface area contributed by atoms with Crippen molar-refractivity contribution in [3.63, 3.8) is 0 Å². The van der Waals surface area contributed by atoms with Crippen molar-refractivity contribution < 1.29 is 9.63 Å². The van der Waals surface area contributed by atoms with E-state index in [0.29, 0.717) is 0 Å². The van der Waals surface area contributed by atoms with Crippen LogP contribution >= 0.6 is 0 Å². The molecule has 0 radical (unpaired) electrons. The summed E-state index contributed by atoms with van der Waals surface area (Å²) in [4.78, 5) is 25.1. The second kappa shape index (κ2) is 4.17. The predicted molar refractivity (Wildman–Crippen MR) is 57.4 cm³/mol. The molecule has 5 nitrogen and oxygen atoms in total. The minimum absolute atomic E-state index is 0.00222. The van der Waals surface area contributed by atoms with Gasteiger partial charge in [-0.25, -0.2) is 15.0 Å². The number of rotatable bonds is 3. The maximum Gasteiger partial charge on any atom is 0.249 e. The Hall–Kier alpha value is -1.49. The molecule has 16 heavy (non-hydrogen) atoms. The normalized spacial score (nSPS) is 22.9. The van der Waals surface area contributed by atoms with Gasteiger partial charge in [-0.15, -0.1) is 0 Å². The van der Waals surface area contributed by atoms with Crippen molar-refractivity contribution in [1.29, 1.82) is 0 Å². The number of hydrogen-bond acceptors (Lipinski definition) is 4. The van der Waals surface area contributed by atoms with Crippen LogP contribution in [0.1, 0.15) is 23.9 Å². The van der Waals surface area contributed by atoms with Crippen LogP contribution in [0.15, 0.2) is 12.3 Å². The second-order valence-electron chi connectivity index (χ2n) is 4.02. The van der Waals surface area contributed by atoms with Crippen molar-refractivity contribution in [2.24, 2.45) is 5.92 Å². The molecule has 1 aromatic heterocycles. The molecule has 0 bridgehead atoms. The molecule has 2 atom stereocenters. The topological polar surface area (TPSA) is 55.3 Å². The molecule has 0 aliphatic heterocycles. The fraction of sp³-hybridized carbons (Fsp3) is 0.545. The zero-order valence-electron chi connectivity index (χ0n) is 9.67. The van der Waals surface area contributed by atoms with Gasteiger partial charge in [0, 0.05) is 24.9 Å². The van der Waals surface area contributed by atoms with Crippen LogP contribution < -0.4 is 0 Å². The molecule has 1 aromatic rings. The van der Waals surface area contributed by atoms with E-state index in [2.05, 4.69) is 9.97 Å². The van der Waals surface area contributed by atoms with E-state index in [0.717, 1.165) is 17.9 Å². The average Bonchev–Trinajstić information content (AvgIpc) is 3.07. The lowest BCUT2D eigenvalue weighted by Gasteiger charge is -2.12. The number of aryl methyl sites for hydroxylation is 1. The van der Waals surface area contributed by atoms with Gasteiger partial charge in [-0.1, -0.05) is 0 Å². The Bertz CT molecular complexity index is 408. The summed E-state index contributed by atoms with van der Waals surface area (Å²) in [5, 5.41) is 1.26. The first-order valence-electron chi connectivity index (χ1n) is 5.24. The van der Waals surface area contributed by atoms with Gasteiger partial charge in [0.05, 0.1) is 13.0 Å². The number of nitrogens with zero attached hydrogens (tertiary/aromatic N) is 3. The number of hydroxylamine groups is 2. The standard InChI is InChI=1S/C11H15N3O2/c1-7-4-5-12-10(13-7)8-6-9(8)11(15)14(2)16-3/h4-5,8-9H,6H2,1-3H3. The zero-order valence-corrected chi connectivity index (χ0v) is 9.67. The molecule has 1 fully saturated rings. The first kappa shape index (κ1) is 11.0. The van der Waals surface area contributed by atoms with E-state index in [1.807, 2.05) is 13.0 Å². The molecule has 1 aliphatic carbocycles. The van der Waals surface area contributed by atoms with Gasteiger partial charge in [0.15, 0.2) is 0 Å². The van der Waals surface area contributed by atoms with Crippen LogP contribution in [0.4, 0.5) is 0 Å². The number of carbonyl (C=O) groups excluding carboxylic acids is 1. The third-order valence-corrected chi connectivity index (χ3v) is 2.84. The summed E-state index contributed by atoms with van der Waals surface area (Å²) in [6.07, 6.45) is 2.55. The van der Waals surface area contributed by atoms with Crippen LogP contribution in [0.3, 0.4) is 0 Å². The molecule has 86 valence electrons. The van der Waals surface area contributed by atoms with Gasteiger partial charge in [-0.05, 0) is 19.4 Å². The number of carbonyl (C=O) groups is 1. The highest BCUT2D eigenvalue weighted by atomic mass is 16.7. The molecule has 1 amide bonds. The molecule has 1 saturated carbocycles. The van der Waals surface area contributed by atoms with Gasteiger partial charge in [0.2, 0.25) is 5.91 Å². The Kier molecular flexibility index (Phi) is 2.87. The molecule has 0 aromatic carbocycles. The van der Waals surface area contributed by atoms with Crippen LogP contribution in [-0.4, -0.2) is 35.1 Å². The van der Waals surface area contributed by atoms with Gasteiger partial charge in [-0.2, -0.15) is 0 Å². The Morgan fingerprint density at radius 1 is 1.62 bits per heavy atom. The fourth-order valence-corrected chi connectivity index (χ4v) is 1.72. The summed E-state index contributed by atoms with van der Waals surface area (Å²) < 4.78 is 0. The quantitative estimate of drug-likeness (QED) is 0.712. The Labute approximate surface area is 94.4 Å². The molecule has 2 unspecified atom stereocenters. The summed E-state index contributed by atoms with van der Waals surface area (Å²) >= 11 is 0. The SMILES string of the molecule is CON(C)C(=O)C1CC1c1nccc(C)n1. The molecule has 5 heteroatoms. The lowest BCUT2D eigenvalue weighted by Crippen LogP contribution is -2.27. The van der Waals surface area contributed by atoms with Crippen molar-refractivity contribution in [1.82, 2.24) is 15.0 Å². The summed E-state index contributed by atoms with van der Waals surface area (Å²) in [7, 11) is 3.10. The Morgan fingerprint density at radius 2 is 2.38 bits per heavy atom. The van der Waals surface area contributed by atoms with Crippen LogP contribution in [-0.2, 0) is 9.63 Å². The third-order valence-electron chi connectivity index (χ3n) is 2.84. The predicted octanol–water partition coefficient (Wildman–Crippen LogP) is 0.908. The zero-order chi connectivity index (χ0) is 11.7. The Morgan fingerprint density at radius 3 is 3.00 bits per heavy atom. The number of amides is 1. The van der Waals surface area contributed by atoms with Crippen LogP contribution in [0, 0.1) is 12.8 Å². The van der Waals surface area contributed by atoms with Crippen molar-refractivity contribution in [2.75, 3.05) is 14.2 Å². The van der Waals surface area contributed by atoms with E-state index in [4.69, 9.17) is 4.84 Å². The van der Waals surface area contributed by atoms with Crippen molar-refractivity contribution in [3.8, 4) is 0 Å². The number of aromatic nitrogens is 2. The highest BCUT2D eigenvalue weighted by Crippen LogP contribution is 2.46. The summed E-state index contributed by atoms with van der Waals surface area (Å²) in [5.41, 5.74) is 0.934. The molecule has 0 saturated heterocycles.